The second-order valence-corrected chi connectivity index (χ2v) is 6.21. The van der Waals surface area contributed by atoms with Gasteiger partial charge in [0, 0.05) is 17.5 Å². The lowest BCUT2D eigenvalue weighted by Crippen LogP contribution is -2.13. The summed E-state index contributed by atoms with van der Waals surface area (Å²) >= 11 is 1.89. The van der Waals surface area contributed by atoms with Gasteiger partial charge in [-0.15, -0.1) is 0 Å². The molecule has 0 aromatic heterocycles. The number of rotatable bonds is 5. The van der Waals surface area contributed by atoms with Crippen LogP contribution < -0.4 is 5.73 Å². The van der Waals surface area contributed by atoms with Gasteiger partial charge < -0.3 is 5.73 Å². The van der Waals surface area contributed by atoms with E-state index in [0.717, 1.165) is 11.5 Å². The largest absolute Gasteiger partial charge is 0.323 e. The smallest absolute Gasteiger partial charge is 0.0393 e. The summed E-state index contributed by atoms with van der Waals surface area (Å²) in [6.07, 6.45) is 0. The van der Waals surface area contributed by atoms with Crippen LogP contribution in [0.3, 0.4) is 0 Å². The van der Waals surface area contributed by atoms with Crippen molar-refractivity contribution in [2.75, 3.05) is 5.75 Å². The van der Waals surface area contributed by atoms with Crippen LogP contribution in [0.5, 0.6) is 0 Å². The molecule has 106 valence electrons. The minimum Gasteiger partial charge on any atom is -0.323 e. The molecule has 0 bridgehead atoms. The van der Waals surface area contributed by atoms with Crippen LogP contribution in [0.2, 0.25) is 0 Å². The summed E-state index contributed by atoms with van der Waals surface area (Å²) < 4.78 is 0. The van der Waals surface area contributed by atoms with Gasteiger partial charge in [0.2, 0.25) is 0 Å². The number of fused-ring (bicyclic) bond motifs is 1. The van der Waals surface area contributed by atoms with E-state index in [2.05, 4.69) is 72.8 Å². The van der Waals surface area contributed by atoms with Crippen molar-refractivity contribution in [2.45, 2.75) is 11.8 Å². The van der Waals surface area contributed by atoms with Gasteiger partial charge in [-0.2, -0.15) is 11.8 Å². The van der Waals surface area contributed by atoms with Crippen LogP contribution in [-0.2, 0) is 5.75 Å². The normalized spacial score (nSPS) is 12.4. The molecule has 0 aliphatic rings. The maximum atomic E-state index is 6.40. The summed E-state index contributed by atoms with van der Waals surface area (Å²) in [5, 5.41) is 2.53. The molecule has 0 fully saturated rings. The summed E-state index contributed by atoms with van der Waals surface area (Å²) in [6, 6.07) is 25.5. The average Bonchev–Trinajstić information content (AvgIpc) is 2.55. The first-order chi connectivity index (χ1) is 10.3. The van der Waals surface area contributed by atoms with Crippen molar-refractivity contribution in [3.05, 3.63) is 83.9 Å². The first-order valence-corrected chi connectivity index (χ1v) is 8.35. The molecule has 3 aromatic rings. The molecule has 0 aliphatic carbocycles. The van der Waals surface area contributed by atoms with E-state index in [1.54, 1.807) is 0 Å². The predicted octanol–water partition coefficient (Wildman–Crippen LogP) is 4.77. The Kier molecular flexibility index (Phi) is 4.59. The second kappa shape index (κ2) is 6.79. The average molecular weight is 293 g/mol. The Morgan fingerprint density at radius 2 is 1.52 bits per heavy atom. The molecule has 3 rings (SSSR count). The maximum absolute atomic E-state index is 6.40. The maximum Gasteiger partial charge on any atom is 0.0393 e. The summed E-state index contributed by atoms with van der Waals surface area (Å²) in [5.74, 6) is 1.95. The van der Waals surface area contributed by atoms with E-state index in [9.17, 15) is 0 Å². The molecule has 1 unspecified atom stereocenters. The van der Waals surface area contributed by atoms with E-state index in [4.69, 9.17) is 5.73 Å². The Morgan fingerprint density at radius 1 is 0.810 bits per heavy atom. The second-order valence-electron chi connectivity index (χ2n) is 5.18. The zero-order chi connectivity index (χ0) is 14.5. The first kappa shape index (κ1) is 14.2. The van der Waals surface area contributed by atoms with Crippen molar-refractivity contribution in [1.82, 2.24) is 0 Å². The molecule has 0 heterocycles. The highest BCUT2D eigenvalue weighted by Crippen LogP contribution is 2.26. The fraction of sp³-hybridized carbons (Fsp3) is 0.158. The van der Waals surface area contributed by atoms with Gasteiger partial charge >= 0.3 is 0 Å². The summed E-state index contributed by atoms with van der Waals surface area (Å²) in [7, 11) is 0. The van der Waals surface area contributed by atoms with E-state index in [-0.39, 0.29) is 6.04 Å². The molecule has 2 N–H and O–H groups in total. The molecule has 0 aliphatic heterocycles. The molecule has 0 radical (unpaired) electrons. The highest BCUT2D eigenvalue weighted by atomic mass is 32.2. The highest BCUT2D eigenvalue weighted by Gasteiger charge is 2.09. The minimum atomic E-state index is 0.0739. The lowest BCUT2D eigenvalue weighted by atomic mass is 10.0. The van der Waals surface area contributed by atoms with Gasteiger partial charge in [0.05, 0.1) is 0 Å². The molecule has 1 nitrogen and oxygen atoms in total. The summed E-state index contributed by atoms with van der Waals surface area (Å²) in [6.45, 7) is 0. The van der Waals surface area contributed by atoms with Crippen molar-refractivity contribution >= 4 is 22.5 Å². The Balaban J connectivity index is 1.68. The van der Waals surface area contributed by atoms with Crippen LogP contribution in [0.15, 0.2) is 72.8 Å². The third kappa shape index (κ3) is 3.46. The lowest BCUT2D eigenvalue weighted by molar-refractivity contribution is 0.840. The molecule has 2 heteroatoms. The number of nitrogens with two attached hydrogens (primary N) is 1. The van der Waals surface area contributed by atoms with Crippen molar-refractivity contribution in [2.24, 2.45) is 5.73 Å². The number of hydrogen-bond acceptors (Lipinski definition) is 2. The van der Waals surface area contributed by atoms with Gasteiger partial charge in [0.15, 0.2) is 0 Å². The first-order valence-electron chi connectivity index (χ1n) is 7.19. The monoisotopic (exact) mass is 293 g/mol. The van der Waals surface area contributed by atoms with Gasteiger partial charge in [-0.1, -0.05) is 72.8 Å². The zero-order valence-electron chi connectivity index (χ0n) is 11.9. The van der Waals surface area contributed by atoms with Crippen molar-refractivity contribution in [3.8, 4) is 0 Å². The van der Waals surface area contributed by atoms with Crippen LogP contribution >= 0.6 is 11.8 Å². The molecule has 0 amide bonds. The minimum absolute atomic E-state index is 0.0739. The Morgan fingerprint density at radius 3 is 2.38 bits per heavy atom. The third-order valence-corrected chi connectivity index (χ3v) is 4.76. The van der Waals surface area contributed by atoms with Gasteiger partial charge in [0.25, 0.3) is 0 Å². The van der Waals surface area contributed by atoms with Crippen LogP contribution in [0.1, 0.15) is 17.2 Å². The van der Waals surface area contributed by atoms with E-state index in [1.807, 2.05) is 11.8 Å². The predicted molar refractivity (Wildman–Crippen MR) is 93.5 cm³/mol. The van der Waals surface area contributed by atoms with Crippen LogP contribution in [-0.4, -0.2) is 5.75 Å². The van der Waals surface area contributed by atoms with Gasteiger partial charge in [0.1, 0.15) is 0 Å². The fourth-order valence-electron chi connectivity index (χ4n) is 2.54. The van der Waals surface area contributed by atoms with E-state index in [0.29, 0.717) is 0 Å². The number of benzene rings is 3. The topological polar surface area (TPSA) is 26.0 Å². The number of hydrogen-bond donors (Lipinski definition) is 1. The summed E-state index contributed by atoms with van der Waals surface area (Å²) in [4.78, 5) is 0. The molecule has 0 saturated carbocycles. The molecule has 0 spiro atoms. The molecule has 0 saturated heterocycles. The van der Waals surface area contributed by atoms with Gasteiger partial charge in [-0.05, 0) is 21.9 Å². The van der Waals surface area contributed by atoms with Gasteiger partial charge in [-0.3, -0.25) is 0 Å². The molecule has 3 aromatic carbocycles. The van der Waals surface area contributed by atoms with E-state index < -0.39 is 0 Å². The Hall–Kier alpha value is -1.77. The van der Waals surface area contributed by atoms with E-state index >= 15 is 0 Å². The SMILES string of the molecule is NC(CSCc1ccccc1)c1cccc2ccccc12. The standard InChI is InChI=1S/C19H19NS/c20-19(14-21-13-15-7-2-1-3-8-15)18-12-6-10-16-9-4-5-11-17(16)18/h1-12,19H,13-14,20H2. The Labute approximate surface area is 130 Å². The Bertz CT molecular complexity index is 704. The highest BCUT2D eigenvalue weighted by molar-refractivity contribution is 7.98. The van der Waals surface area contributed by atoms with Crippen molar-refractivity contribution in [1.29, 1.82) is 0 Å². The zero-order valence-corrected chi connectivity index (χ0v) is 12.7. The fourth-order valence-corrected chi connectivity index (χ4v) is 3.52. The molecular weight excluding hydrogens is 274 g/mol. The molecule has 1 atom stereocenters. The van der Waals surface area contributed by atoms with Crippen molar-refractivity contribution in [3.63, 3.8) is 0 Å². The number of thioether (sulfide) groups is 1. The van der Waals surface area contributed by atoms with Crippen LogP contribution in [0.25, 0.3) is 10.8 Å². The van der Waals surface area contributed by atoms with Crippen LogP contribution in [0, 0.1) is 0 Å². The van der Waals surface area contributed by atoms with Gasteiger partial charge in [-0.25, -0.2) is 0 Å². The van der Waals surface area contributed by atoms with Crippen molar-refractivity contribution < 1.29 is 0 Å². The lowest BCUT2D eigenvalue weighted by Gasteiger charge is -2.14. The van der Waals surface area contributed by atoms with Crippen LogP contribution in [0.4, 0.5) is 0 Å². The molecule has 21 heavy (non-hydrogen) atoms. The third-order valence-electron chi connectivity index (χ3n) is 3.63. The molecular formula is C19H19NS. The summed E-state index contributed by atoms with van der Waals surface area (Å²) in [5.41, 5.74) is 9.00. The quantitative estimate of drug-likeness (QED) is 0.733. The van der Waals surface area contributed by atoms with E-state index in [1.165, 1.54) is 21.9 Å².